The number of nitrogens with zero attached hydrogens (tertiary/aromatic N) is 1. The smallest absolute Gasteiger partial charge is 0.137 e. The molecule has 0 saturated carbocycles. The summed E-state index contributed by atoms with van der Waals surface area (Å²) in [6, 6.07) is 66.2. The maximum atomic E-state index is 6.42. The van der Waals surface area contributed by atoms with Gasteiger partial charge in [0, 0.05) is 22.3 Å². The Hall–Kier alpha value is -6.12. The molecule has 46 heavy (non-hydrogen) atoms. The maximum absolute atomic E-state index is 6.42. The van der Waals surface area contributed by atoms with E-state index in [0.717, 1.165) is 44.9 Å². The van der Waals surface area contributed by atoms with Crippen LogP contribution in [-0.4, -0.2) is 0 Å². The summed E-state index contributed by atoms with van der Waals surface area (Å²) in [5, 5.41) is 1.09. The zero-order valence-electron chi connectivity index (χ0n) is 25.3. The molecule has 7 aromatic carbocycles. The first kappa shape index (κ1) is 27.4. The Bertz CT molecular complexity index is 2220. The van der Waals surface area contributed by atoms with E-state index in [1.807, 2.05) is 18.2 Å². The molecule has 0 fully saturated rings. The van der Waals surface area contributed by atoms with E-state index in [-0.39, 0.29) is 0 Å². The third-order valence-electron chi connectivity index (χ3n) is 8.50. The Morgan fingerprint density at radius 1 is 0.348 bits per heavy atom. The third kappa shape index (κ3) is 5.27. The van der Waals surface area contributed by atoms with Crippen LogP contribution in [0, 0.1) is 0 Å². The van der Waals surface area contributed by atoms with Gasteiger partial charge in [-0.1, -0.05) is 140 Å². The fraction of sp³-hybridized carbons (Fsp3) is 0. The van der Waals surface area contributed by atoms with Gasteiger partial charge in [0.05, 0.1) is 5.69 Å². The molecule has 8 aromatic rings. The maximum Gasteiger partial charge on any atom is 0.137 e. The molecule has 0 aliphatic carbocycles. The van der Waals surface area contributed by atoms with Crippen molar-refractivity contribution < 1.29 is 4.42 Å². The third-order valence-corrected chi connectivity index (χ3v) is 8.50. The Balaban J connectivity index is 1.27. The van der Waals surface area contributed by atoms with Crippen molar-refractivity contribution in [1.29, 1.82) is 0 Å². The average Bonchev–Trinajstić information content (AvgIpc) is 3.58. The van der Waals surface area contributed by atoms with Crippen molar-refractivity contribution in [2.45, 2.75) is 0 Å². The van der Waals surface area contributed by atoms with Crippen molar-refractivity contribution >= 4 is 28.0 Å². The van der Waals surface area contributed by atoms with Crippen LogP contribution in [0.5, 0.6) is 0 Å². The van der Waals surface area contributed by atoms with E-state index < -0.39 is 0 Å². The highest BCUT2D eigenvalue weighted by molar-refractivity contribution is 5.92. The second-order valence-electron chi connectivity index (χ2n) is 11.4. The van der Waals surface area contributed by atoms with Crippen molar-refractivity contribution in [1.82, 2.24) is 0 Å². The molecule has 0 spiro atoms. The van der Waals surface area contributed by atoms with Gasteiger partial charge in [0.25, 0.3) is 0 Å². The number of hydrogen-bond donors (Lipinski definition) is 0. The predicted octanol–water partition coefficient (Wildman–Crippen LogP) is 12.6. The van der Waals surface area contributed by atoms with E-state index in [9.17, 15) is 0 Å². The van der Waals surface area contributed by atoms with Crippen LogP contribution in [0.15, 0.2) is 192 Å². The van der Waals surface area contributed by atoms with Gasteiger partial charge in [0.1, 0.15) is 11.3 Å². The zero-order chi connectivity index (χ0) is 30.7. The monoisotopic (exact) mass is 589 g/mol. The topological polar surface area (TPSA) is 16.4 Å². The van der Waals surface area contributed by atoms with Gasteiger partial charge in [0.15, 0.2) is 0 Å². The van der Waals surface area contributed by atoms with Crippen LogP contribution in [0.4, 0.5) is 17.1 Å². The fourth-order valence-corrected chi connectivity index (χ4v) is 6.27. The van der Waals surface area contributed by atoms with Gasteiger partial charge in [-0.25, -0.2) is 0 Å². The van der Waals surface area contributed by atoms with Gasteiger partial charge in [-0.2, -0.15) is 0 Å². The van der Waals surface area contributed by atoms with Crippen LogP contribution in [0.25, 0.3) is 55.7 Å². The predicted molar refractivity (Wildman–Crippen MR) is 193 cm³/mol. The van der Waals surface area contributed by atoms with Crippen LogP contribution < -0.4 is 4.90 Å². The van der Waals surface area contributed by atoms with E-state index in [1.165, 1.54) is 27.8 Å². The molecule has 0 unspecified atom stereocenters. The molecule has 218 valence electrons. The molecule has 0 aliphatic rings. The first-order valence-corrected chi connectivity index (χ1v) is 15.6. The molecule has 0 saturated heterocycles. The number of hydrogen-bond acceptors (Lipinski definition) is 2. The summed E-state index contributed by atoms with van der Waals surface area (Å²) in [4.78, 5) is 2.34. The lowest BCUT2D eigenvalue weighted by atomic mass is 9.94. The second kappa shape index (κ2) is 12.1. The SMILES string of the molecule is c1ccc(-c2cccc(N(c3ccc(-c4ccccc4-c4ccccc4)cc3)c3ccccc3-c3cc4ccccc4o3)c2)cc1. The number of para-hydroxylation sites is 2. The lowest BCUT2D eigenvalue weighted by molar-refractivity contribution is 0.631. The van der Waals surface area contributed by atoms with Gasteiger partial charge in [-0.15, -0.1) is 0 Å². The molecule has 1 aromatic heterocycles. The Morgan fingerprint density at radius 3 is 1.63 bits per heavy atom. The first-order valence-electron chi connectivity index (χ1n) is 15.6. The molecule has 8 rings (SSSR count). The highest BCUT2D eigenvalue weighted by atomic mass is 16.3. The summed E-state index contributed by atoms with van der Waals surface area (Å²) in [5.74, 6) is 0.842. The summed E-state index contributed by atoms with van der Waals surface area (Å²) in [5.41, 5.74) is 12.3. The fourth-order valence-electron chi connectivity index (χ4n) is 6.27. The van der Waals surface area contributed by atoms with Gasteiger partial charge in [-0.3, -0.25) is 0 Å². The van der Waals surface area contributed by atoms with Gasteiger partial charge >= 0.3 is 0 Å². The minimum atomic E-state index is 0.842. The number of benzene rings is 7. The first-order chi connectivity index (χ1) is 22.8. The molecule has 1 heterocycles. The van der Waals surface area contributed by atoms with Crippen molar-refractivity contribution in [2.24, 2.45) is 0 Å². The highest BCUT2D eigenvalue weighted by Crippen LogP contribution is 2.43. The minimum Gasteiger partial charge on any atom is -0.456 e. The highest BCUT2D eigenvalue weighted by Gasteiger charge is 2.20. The summed E-state index contributed by atoms with van der Waals surface area (Å²) >= 11 is 0. The number of rotatable bonds is 7. The van der Waals surface area contributed by atoms with Gasteiger partial charge in [-0.05, 0) is 81.9 Å². The zero-order valence-corrected chi connectivity index (χ0v) is 25.3. The minimum absolute atomic E-state index is 0.842. The van der Waals surface area contributed by atoms with Crippen LogP contribution >= 0.6 is 0 Å². The largest absolute Gasteiger partial charge is 0.456 e. The summed E-state index contributed by atoms with van der Waals surface area (Å²) in [7, 11) is 0. The number of fused-ring (bicyclic) bond motifs is 1. The van der Waals surface area contributed by atoms with E-state index in [1.54, 1.807) is 0 Å². The quantitative estimate of drug-likeness (QED) is 0.184. The average molecular weight is 590 g/mol. The molecule has 0 atom stereocenters. The molecular weight excluding hydrogens is 558 g/mol. The molecule has 0 bridgehead atoms. The van der Waals surface area contributed by atoms with Crippen molar-refractivity contribution in [2.75, 3.05) is 4.90 Å². The van der Waals surface area contributed by atoms with Crippen LogP contribution in [0.2, 0.25) is 0 Å². The molecule has 0 N–H and O–H groups in total. The lowest BCUT2D eigenvalue weighted by Crippen LogP contribution is -2.11. The second-order valence-corrected chi connectivity index (χ2v) is 11.4. The van der Waals surface area contributed by atoms with Crippen LogP contribution in [-0.2, 0) is 0 Å². The van der Waals surface area contributed by atoms with Gasteiger partial charge < -0.3 is 9.32 Å². The van der Waals surface area contributed by atoms with Gasteiger partial charge in [0.2, 0.25) is 0 Å². The van der Waals surface area contributed by atoms with Crippen LogP contribution in [0.3, 0.4) is 0 Å². The molecule has 2 nitrogen and oxygen atoms in total. The Morgan fingerprint density at radius 2 is 0.913 bits per heavy atom. The summed E-state index contributed by atoms with van der Waals surface area (Å²) in [6.45, 7) is 0. The number of furan rings is 1. The standard InChI is InChI=1S/C44H31NO/c1-3-14-32(15-4-1)35-19-13-20-38(30-35)45(42-24-11-10-23-41(42)44-31-36-18-7-12-25-43(36)46-44)37-28-26-34(27-29-37)40-22-9-8-21-39(40)33-16-5-2-6-17-33/h1-31H. The normalized spacial score (nSPS) is 11.0. The molecule has 0 amide bonds. The van der Waals surface area contributed by atoms with Crippen LogP contribution in [0.1, 0.15) is 0 Å². The van der Waals surface area contributed by atoms with E-state index in [4.69, 9.17) is 4.42 Å². The molecule has 0 aliphatic heterocycles. The van der Waals surface area contributed by atoms with Crippen molar-refractivity contribution in [3.63, 3.8) is 0 Å². The van der Waals surface area contributed by atoms with E-state index in [2.05, 4.69) is 175 Å². The number of anilines is 3. The summed E-state index contributed by atoms with van der Waals surface area (Å²) in [6.07, 6.45) is 0. The molecule has 0 radical (unpaired) electrons. The van der Waals surface area contributed by atoms with Crippen molar-refractivity contribution in [3.8, 4) is 44.7 Å². The van der Waals surface area contributed by atoms with Crippen molar-refractivity contribution in [3.05, 3.63) is 188 Å². The Kier molecular flexibility index (Phi) is 7.22. The van der Waals surface area contributed by atoms with E-state index in [0.29, 0.717) is 0 Å². The lowest BCUT2D eigenvalue weighted by Gasteiger charge is -2.28. The van der Waals surface area contributed by atoms with E-state index >= 15 is 0 Å². The molecular formula is C44H31NO. The molecule has 2 heteroatoms. The Labute approximate surface area is 269 Å². The summed E-state index contributed by atoms with van der Waals surface area (Å²) < 4.78 is 6.42.